The van der Waals surface area contributed by atoms with Gasteiger partial charge in [0.1, 0.15) is 5.82 Å². The van der Waals surface area contributed by atoms with Gasteiger partial charge in [-0.1, -0.05) is 0 Å². The Labute approximate surface area is 79.2 Å². The second-order valence-electron chi connectivity index (χ2n) is 2.96. The van der Waals surface area contributed by atoms with Gasteiger partial charge in [0.15, 0.2) is 0 Å². The third kappa shape index (κ3) is 1.82. The lowest BCUT2D eigenvalue weighted by Gasteiger charge is -2.05. The monoisotopic (exact) mass is 198 g/mol. The molecule has 13 heavy (non-hydrogen) atoms. The Kier molecular flexibility index (Phi) is 2.22. The fourth-order valence-corrected chi connectivity index (χ4v) is 2.59. The van der Waals surface area contributed by atoms with Crippen molar-refractivity contribution in [1.29, 1.82) is 0 Å². The molecule has 1 aliphatic heterocycles. The summed E-state index contributed by atoms with van der Waals surface area (Å²) < 4.78 is 0. The van der Waals surface area contributed by atoms with E-state index in [1.54, 1.807) is 0 Å². The van der Waals surface area contributed by atoms with Crippen LogP contribution in [0.15, 0.2) is 4.79 Å². The lowest BCUT2D eigenvalue weighted by molar-refractivity contribution is 0.702. The number of nitrogen functional groups attached to an aromatic ring is 1. The molecule has 6 heteroatoms. The van der Waals surface area contributed by atoms with Crippen LogP contribution in [0.25, 0.3) is 0 Å². The largest absolute Gasteiger partial charge is 0.368 e. The molecule has 1 atom stereocenters. The van der Waals surface area contributed by atoms with E-state index in [0.29, 0.717) is 11.7 Å². The smallest absolute Gasteiger partial charge is 0.349 e. The van der Waals surface area contributed by atoms with E-state index in [1.807, 2.05) is 11.8 Å². The summed E-state index contributed by atoms with van der Waals surface area (Å²) in [6.45, 7) is 0. The molecule has 2 rings (SSSR count). The lowest BCUT2D eigenvalue weighted by Crippen LogP contribution is -2.19. The number of hydrogen-bond donors (Lipinski definition) is 2. The maximum Gasteiger partial charge on any atom is 0.349 e. The summed E-state index contributed by atoms with van der Waals surface area (Å²) >= 11 is 1.87. The molecule has 1 aromatic heterocycles. The van der Waals surface area contributed by atoms with Gasteiger partial charge in [-0.05, 0) is 12.2 Å². The minimum Gasteiger partial charge on any atom is -0.368 e. The predicted molar refractivity (Wildman–Crippen MR) is 51.7 cm³/mol. The molecule has 0 bridgehead atoms. The Morgan fingerprint density at radius 3 is 3.00 bits per heavy atom. The standard InChI is InChI=1S/C7H10N4OS/c8-6-9-5(10-7(12)11-6)4-1-2-13-3-4/h4H,1-3H2,(H3,8,9,10,11,12). The van der Waals surface area contributed by atoms with Crippen LogP contribution in [0, 0.1) is 0 Å². The molecule has 0 aliphatic carbocycles. The second-order valence-corrected chi connectivity index (χ2v) is 4.11. The summed E-state index contributed by atoms with van der Waals surface area (Å²) in [5.41, 5.74) is 4.97. The number of H-pyrrole nitrogens is 1. The second kappa shape index (κ2) is 3.37. The summed E-state index contributed by atoms with van der Waals surface area (Å²) in [5, 5.41) is 0. The van der Waals surface area contributed by atoms with Crippen molar-refractivity contribution in [1.82, 2.24) is 15.0 Å². The van der Waals surface area contributed by atoms with Crippen molar-refractivity contribution in [2.45, 2.75) is 12.3 Å². The molecular weight excluding hydrogens is 188 g/mol. The molecule has 1 aromatic rings. The maximum atomic E-state index is 11.0. The number of rotatable bonds is 1. The van der Waals surface area contributed by atoms with E-state index in [-0.39, 0.29) is 5.95 Å². The number of hydrogen-bond acceptors (Lipinski definition) is 5. The molecule has 0 saturated carbocycles. The quantitative estimate of drug-likeness (QED) is 0.661. The Morgan fingerprint density at radius 1 is 1.54 bits per heavy atom. The Hall–Kier alpha value is -1.04. The Balaban J connectivity index is 2.33. The molecule has 5 nitrogen and oxygen atoms in total. The molecule has 70 valence electrons. The molecule has 1 unspecified atom stereocenters. The number of aromatic nitrogens is 3. The van der Waals surface area contributed by atoms with E-state index in [4.69, 9.17) is 5.73 Å². The molecule has 2 heterocycles. The highest BCUT2D eigenvalue weighted by Crippen LogP contribution is 2.29. The van der Waals surface area contributed by atoms with Gasteiger partial charge in [0, 0.05) is 11.7 Å². The van der Waals surface area contributed by atoms with Gasteiger partial charge >= 0.3 is 5.69 Å². The molecule has 0 aromatic carbocycles. The van der Waals surface area contributed by atoms with Crippen molar-refractivity contribution in [2.75, 3.05) is 17.2 Å². The highest BCUT2D eigenvalue weighted by Gasteiger charge is 2.20. The van der Waals surface area contributed by atoms with Crippen molar-refractivity contribution in [3.63, 3.8) is 0 Å². The molecule has 1 aliphatic rings. The fraction of sp³-hybridized carbons (Fsp3) is 0.571. The number of nitrogens with two attached hydrogens (primary N) is 1. The summed E-state index contributed by atoms with van der Waals surface area (Å²) in [6.07, 6.45) is 1.05. The molecule has 3 N–H and O–H groups in total. The van der Waals surface area contributed by atoms with E-state index in [0.717, 1.165) is 17.9 Å². The average Bonchev–Trinajstić information content (AvgIpc) is 2.53. The first-order valence-corrected chi connectivity index (χ1v) is 5.22. The van der Waals surface area contributed by atoms with Crippen molar-refractivity contribution < 1.29 is 0 Å². The van der Waals surface area contributed by atoms with E-state index >= 15 is 0 Å². The van der Waals surface area contributed by atoms with Crippen molar-refractivity contribution in [2.24, 2.45) is 0 Å². The first-order chi connectivity index (χ1) is 6.25. The van der Waals surface area contributed by atoms with Gasteiger partial charge in [-0.15, -0.1) is 0 Å². The first kappa shape index (κ1) is 8.55. The van der Waals surface area contributed by atoms with E-state index < -0.39 is 5.69 Å². The van der Waals surface area contributed by atoms with E-state index in [9.17, 15) is 4.79 Å². The van der Waals surface area contributed by atoms with Gasteiger partial charge < -0.3 is 5.73 Å². The van der Waals surface area contributed by atoms with Gasteiger partial charge in [-0.2, -0.15) is 21.7 Å². The minimum absolute atomic E-state index is 0.0654. The zero-order valence-electron chi connectivity index (χ0n) is 6.99. The van der Waals surface area contributed by atoms with Gasteiger partial charge in [-0.25, -0.2) is 4.79 Å². The van der Waals surface area contributed by atoms with Crippen LogP contribution in [0.2, 0.25) is 0 Å². The zero-order valence-corrected chi connectivity index (χ0v) is 7.80. The molecule has 0 radical (unpaired) electrons. The first-order valence-electron chi connectivity index (χ1n) is 4.07. The zero-order chi connectivity index (χ0) is 9.26. The highest BCUT2D eigenvalue weighted by molar-refractivity contribution is 7.99. The summed E-state index contributed by atoms with van der Waals surface area (Å²) in [6, 6.07) is 0. The molecule has 1 fully saturated rings. The van der Waals surface area contributed by atoms with Crippen LogP contribution in [0.4, 0.5) is 5.95 Å². The van der Waals surface area contributed by atoms with Crippen LogP contribution in [0.1, 0.15) is 18.2 Å². The third-order valence-corrected chi connectivity index (χ3v) is 3.16. The summed E-state index contributed by atoms with van der Waals surface area (Å²) in [5.74, 6) is 3.21. The van der Waals surface area contributed by atoms with E-state index in [1.165, 1.54) is 0 Å². The topological polar surface area (TPSA) is 84.7 Å². The normalized spacial score (nSPS) is 22.0. The molecule has 0 amide bonds. The predicted octanol–water partition coefficient (Wildman–Crippen LogP) is -0.0324. The third-order valence-electron chi connectivity index (χ3n) is 2.00. The Morgan fingerprint density at radius 2 is 2.38 bits per heavy atom. The van der Waals surface area contributed by atoms with Crippen LogP contribution in [0.3, 0.4) is 0 Å². The fourth-order valence-electron chi connectivity index (χ4n) is 1.36. The minimum atomic E-state index is -0.403. The van der Waals surface area contributed by atoms with Crippen LogP contribution in [0.5, 0.6) is 0 Å². The number of thioether (sulfide) groups is 1. The number of anilines is 1. The van der Waals surface area contributed by atoms with Gasteiger partial charge in [-0.3, -0.25) is 4.98 Å². The SMILES string of the molecule is Nc1nc(C2CCSC2)[nH]c(=O)n1. The van der Waals surface area contributed by atoms with Crippen LogP contribution >= 0.6 is 11.8 Å². The lowest BCUT2D eigenvalue weighted by atomic mass is 10.1. The van der Waals surface area contributed by atoms with Gasteiger partial charge in [0.25, 0.3) is 0 Å². The van der Waals surface area contributed by atoms with Crippen molar-refractivity contribution in [3.8, 4) is 0 Å². The number of nitrogens with zero attached hydrogens (tertiary/aromatic N) is 2. The highest BCUT2D eigenvalue weighted by atomic mass is 32.2. The van der Waals surface area contributed by atoms with Gasteiger partial charge in [0.2, 0.25) is 5.95 Å². The van der Waals surface area contributed by atoms with Crippen LogP contribution in [-0.4, -0.2) is 26.5 Å². The average molecular weight is 198 g/mol. The number of aromatic amines is 1. The summed E-state index contributed by atoms with van der Waals surface area (Å²) in [7, 11) is 0. The van der Waals surface area contributed by atoms with Crippen molar-refractivity contribution >= 4 is 17.7 Å². The van der Waals surface area contributed by atoms with Crippen LogP contribution in [-0.2, 0) is 0 Å². The van der Waals surface area contributed by atoms with Crippen LogP contribution < -0.4 is 11.4 Å². The van der Waals surface area contributed by atoms with E-state index in [2.05, 4.69) is 15.0 Å². The maximum absolute atomic E-state index is 11.0. The molecule has 0 spiro atoms. The number of nitrogens with one attached hydrogen (secondary N) is 1. The van der Waals surface area contributed by atoms with Crippen molar-refractivity contribution in [3.05, 3.63) is 16.3 Å². The molecule has 1 saturated heterocycles. The molecular formula is C7H10N4OS. The summed E-state index contributed by atoms with van der Waals surface area (Å²) in [4.78, 5) is 21.1. The van der Waals surface area contributed by atoms with Gasteiger partial charge in [0.05, 0.1) is 0 Å². The Bertz CT molecular complexity index is 358.